The van der Waals surface area contributed by atoms with Crippen LogP contribution < -0.4 is 5.32 Å². The van der Waals surface area contributed by atoms with Crippen LogP contribution in [0.4, 0.5) is 0 Å². The molecule has 1 rings (SSSR count). The van der Waals surface area contributed by atoms with Crippen molar-refractivity contribution < 1.29 is 14.7 Å². The van der Waals surface area contributed by atoms with Crippen molar-refractivity contribution in [2.45, 2.75) is 26.3 Å². The van der Waals surface area contributed by atoms with Crippen molar-refractivity contribution in [1.29, 1.82) is 0 Å². The van der Waals surface area contributed by atoms with E-state index in [0.717, 1.165) is 3.57 Å². The number of hydrogen-bond acceptors (Lipinski definition) is 2. The molecule has 98 valence electrons. The second-order valence-corrected chi connectivity index (χ2v) is 5.67. The van der Waals surface area contributed by atoms with Crippen molar-refractivity contribution in [2.24, 2.45) is 5.92 Å². The standard InChI is InChI=1S/C13H16INO3/c1-8(2)11(7-12(16)17)15-13(18)9-3-5-10(14)6-4-9/h3-6,8,11H,7H2,1-2H3,(H,15,18)(H,16,17). The summed E-state index contributed by atoms with van der Waals surface area (Å²) in [7, 11) is 0. The summed E-state index contributed by atoms with van der Waals surface area (Å²) < 4.78 is 1.05. The van der Waals surface area contributed by atoms with Crippen molar-refractivity contribution in [2.75, 3.05) is 0 Å². The molecule has 0 fully saturated rings. The number of amides is 1. The number of rotatable bonds is 5. The van der Waals surface area contributed by atoms with Gasteiger partial charge in [0.15, 0.2) is 0 Å². The minimum absolute atomic E-state index is 0.0617. The first kappa shape index (κ1) is 14.9. The van der Waals surface area contributed by atoms with E-state index in [1.54, 1.807) is 12.1 Å². The van der Waals surface area contributed by atoms with E-state index in [1.807, 2.05) is 26.0 Å². The smallest absolute Gasteiger partial charge is 0.305 e. The zero-order valence-electron chi connectivity index (χ0n) is 10.3. The van der Waals surface area contributed by atoms with E-state index in [1.165, 1.54) is 0 Å². The molecule has 0 radical (unpaired) electrons. The van der Waals surface area contributed by atoms with Gasteiger partial charge >= 0.3 is 5.97 Å². The van der Waals surface area contributed by atoms with E-state index < -0.39 is 5.97 Å². The van der Waals surface area contributed by atoms with E-state index in [4.69, 9.17) is 5.11 Å². The van der Waals surface area contributed by atoms with Crippen molar-refractivity contribution in [1.82, 2.24) is 5.32 Å². The molecule has 0 aliphatic rings. The number of carbonyl (C=O) groups is 2. The molecule has 18 heavy (non-hydrogen) atoms. The van der Waals surface area contributed by atoms with Crippen LogP contribution >= 0.6 is 22.6 Å². The number of carbonyl (C=O) groups excluding carboxylic acids is 1. The van der Waals surface area contributed by atoms with Gasteiger partial charge in [0.1, 0.15) is 0 Å². The first-order valence-electron chi connectivity index (χ1n) is 5.68. The van der Waals surface area contributed by atoms with E-state index in [-0.39, 0.29) is 24.3 Å². The molecule has 1 amide bonds. The highest BCUT2D eigenvalue weighted by atomic mass is 127. The Morgan fingerprint density at radius 1 is 1.28 bits per heavy atom. The van der Waals surface area contributed by atoms with Gasteiger partial charge in [0.2, 0.25) is 0 Å². The highest BCUT2D eigenvalue weighted by Crippen LogP contribution is 2.10. The Labute approximate surface area is 120 Å². The van der Waals surface area contributed by atoms with Gasteiger partial charge in [-0.3, -0.25) is 9.59 Å². The van der Waals surface area contributed by atoms with Crippen LogP contribution in [0.2, 0.25) is 0 Å². The zero-order chi connectivity index (χ0) is 13.7. The molecular formula is C13H16INO3. The average Bonchev–Trinajstić information content (AvgIpc) is 2.28. The quantitative estimate of drug-likeness (QED) is 0.793. The Bertz CT molecular complexity index is 428. The van der Waals surface area contributed by atoms with Gasteiger partial charge in [0, 0.05) is 15.2 Å². The fourth-order valence-corrected chi connectivity index (χ4v) is 1.85. The van der Waals surface area contributed by atoms with Gasteiger partial charge < -0.3 is 10.4 Å². The lowest BCUT2D eigenvalue weighted by atomic mass is 10.0. The van der Waals surface area contributed by atoms with E-state index in [2.05, 4.69) is 27.9 Å². The summed E-state index contributed by atoms with van der Waals surface area (Å²) in [6.45, 7) is 3.78. The molecule has 0 spiro atoms. The molecule has 5 heteroatoms. The molecule has 4 nitrogen and oxygen atoms in total. The summed E-state index contributed by atoms with van der Waals surface area (Å²) in [5.74, 6) is -1.06. The second-order valence-electron chi connectivity index (χ2n) is 4.43. The van der Waals surface area contributed by atoms with Gasteiger partial charge in [-0.05, 0) is 52.8 Å². The fraction of sp³-hybridized carbons (Fsp3) is 0.385. The molecular weight excluding hydrogens is 345 g/mol. The molecule has 0 aromatic heterocycles. The molecule has 2 N–H and O–H groups in total. The number of carboxylic acids is 1. The highest BCUT2D eigenvalue weighted by Gasteiger charge is 2.19. The normalized spacial score (nSPS) is 12.2. The van der Waals surface area contributed by atoms with Gasteiger partial charge in [-0.15, -0.1) is 0 Å². The van der Waals surface area contributed by atoms with Crippen molar-refractivity contribution in [3.63, 3.8) is 0 Å². The van der Waals surface area contributed by atoms with Crippen molar-refractivity contribution in [3.05, 3.63) is 33.4 Å². The third kappa shape index (κ3) is 4.64. The van der Waals surface area contributed by atoms with Crippen LogP contribution in [0.5, 0.6) is 0 Å². The summed E-state index contributed by atoms with van der Waals surface area (Å²) in [6.07, 6.45) is -0.0617. The maximum absolute atomic E-state index is 11.9. The largest absolute Gasteiger partial charge is 0.481 e. The average molecular weight is 361 g/mol. The van der Waals surface area contributed by atoms with E-state index in [0.29, 0.717) is 5.56 Å². The minimum atomic E-state index is -0.906. The highest BCUT2D eigenvalue weighted by molar-refractivity contribution is 14.1. The lowest BCUT2D eigenvalue weighted by Gasteiger charge is -2.20. The van der Waals surface area contributed by atoms with E-state index in [9.17, 15) is 9.59 Å². The summed E-state index contributed by atoms with van der Waals surface area (Å²) >= 11 is 2.16. The lowest BCUT2D eigenvalue weighted by molar-refractivity contribution is -0.137. The first-order valence-corrected chi connectivity index (χ1v) is 6.76. The zero-order valence-corrected chi connectivity index (χ0v) is 12.5. The molecule has 1 unspecified atom stereocenters. The molecule has 0 aliphatic carbocycles. The maximum atomic E-state index is 11.9. The van der Waals surface area contributed by atoms with Gasteiger partial charge in [-0.25, -0.2) is 0 Å². The maximum Gasteiger partial charge on any atom is 0.305 e. The number of benzene rings is 1. The van der Waals surface area contributed by atoms with E-state index >= 15 is 0 Å². The van der Waals surface area contributed by atoms with Crippen LogP contribution in [0.3, 0.4) is 0 Å². The number of carboxylic acid groups (broad SMARTS) is 1. The predicted octanol–water partition coefficient (Wildman–Crippen LogP) is 2.52. The second kappa shape index (κ2) is 6.72. The summed E-state index contributed by atoms with van der Waals surface area (Å²) in [5.41, 5.74) is 0.548. The lowest BCUT2D eigenvalue weighted by Crippen LogP contribution is -2.40. The number of halogens is 1. The molecule has 1 atom stereocenters. The third-order valence-corrected chi connectivity index (χ3v) is 3.34. The SMILES string of the molecule is CC(C)C(CC(=O)O)NC(=O)c1ccc(I)cc1. The minimum Gasteiger partial charge on any atom is -0.481 e. The van der Waals surface area contributed by atoms with Gasteiger partial charge in [-0.2, -0.15) is 0 Å². The van der Waals surface area contributed by atoms with Crippen LogP contribution in [0, 0.1) is 9.49 Å². The number of hydrogen-bond donors (Lipinski definition) is 2. The topological polar surface area (TPSA) is 66.4 Å². The van der Waals surface area contributed by atoms with Crippen LogP contribution in [0.15, 0.2) is 24.3 Å². The Morgan fingerprint density at radius 2 is 1.83 bits per heavy atom. The first-order chi connectivity index (χ1) is 8.40. The molecule has 0 saturated heterocycles. The molecule has 0 bridgehead atoms. The fourth-order valence-electron chi connectivity index (χ4n) is 1.49. The summed E-state index contributed by atoms with van der Waals surface area (Å²) in [4.78, 5) is 22.7. The molecule has 1 aromatic rings. The molecule has 0 heterocycles. The summed E-state index contributed by atoms with van der Waals surface area (Å²) in [5, 5.41) is 11.6. The Kier molecular flexibility index (Phi) is 5.58. The van der Waals surface area contributed by atoms with Crippen LogP contribution in [-0.2, 0) is 4.79 Å². The molecule has 0 saturated carbocycles. The Morgan fingerprint density at radius 3 is 2.28 bits per heavy atom. The van der Waals surface area contributed by atoms with Crippen LogP contribution in [0.1, 0.15) is 30.6 Å². The third-order valence-electron chi connectivity index (χ3n) is 2.62. The van der Waals surface area contributed by atoms with Crippen molar-refractivity contribution >= 4 is 34.5 Å². The Balaban J connectivity index is 2.72. The van der Waals surface area contributed by atoms with Crippen molar-refractivity contribution in [3.8, 4) is 0 Å². The molecule has 0 aliphatic heterocycles. The van der Waals surface area contributed by atoms with Gasteiger partial charge in [0.05, 0.1) is 6.42 Å². The predicted molar refractivity (Wildman–Crippen MR) is 77.5 cm³/mol. The van der Waals surface area contributed by atoms with Crippen LogP contribution in [0.25, 0.3) is 0 Å². The van der Waals surface area contributed by atoms with Gasteiger partial charge in [-0.1, -0.05) is 13.8 Å². The number of nitrogens with one attached hydrogen (secondary N) is 1. The summed E-state index contributed by atoms with van der Waals surface area (Å²) in [6, 6.07) is 6.80. The van der Waals surface area contributed by atoms with Gasteiger partial charge in [0.25, 0.3) is 5.91 Å². The van der Waals surface area contributed by atoms with Crippen LogP contribution in [-0.4, -0.2) is 23.0 Å². The monoisotopic (exact) mass is 361 g/mol. The molecule has 1 aromatic carbocycles. The number of aliphatic carboxylic acids is 1. The Hall–Kier alpha value is -1.11.